The van der Waals surface area contributed by atoms with Gasteiger partial charge in [0.1, 0.15) is 11.5 Å². The molecule has 0 aliphatic carbocycles. The van der Waals surface area contributed by atoms with Gasteiger partial charge < -0.3 is 25.4 Å². The molecule has 196 valence electrons. The van der Waals surface area contributed by atoms with E-state index in [0.29, 0.717) is 61.0 Å². The molecule has 0 bridgehead atoms. The third-order valence-corrected chi connectivity index (χ3v) is 6.91. The van der Waals surface area contributed by atoms with E-state index in [1.54, 1.807) is 80.6 Å². The lowest BCUT2D eigenvalue weighted by Gasteiger charge is -2.32. The summed E-state index contributed by atoms with van der Waals surface area (Å²) in [6.45, 7) is 3.54. The van der Waals surface area contributed by atoms with Crippen molar-refractivity contribution in [1.29, 1.82) is 0 Å². The van der Waals surface area contributed by atoms with Gasteiger partial charge in [0.05, 0.1) is 31.5 Å². The number of allylic oxidation sites excluding steroid dienone is 2. The van der Waals surface area contributed by atoms with Crippen LogP contribution in [-0.4, -0.2) is 26.0 Å². The molecular weight excluding hydrogens is 525 g/mol. The number of nitrogens with one attached hydrogen (secondary N) is 3. The van der Waals surface area contributed by atoms with Gasteiger partial charge in [0, 0.05) is 38.1 Å². The van der Waals surface area contributed by atoms with Gasteiger partial charge in [-0.25, -0.2) is 0 Å². The Morgan fingerprint density at radius 1 is 0.711 bits per heavy atom. The molecule has 7 nitrogen and oxygen atoms in total. The molecule has 3 aromatic carbocycles. The van der Waals surface area contributed by atoms with Crippen LogP contribution in [0.15, 0.2) is 89.3 Å². The van der Waals surface area contributed by atoms with E-state index in [1.165, 1.54) is 14.2 Å². The molecule has 2 amide bonds. The molecule has 0 unspecified atom stereocenters. The van der Waals surface area contributed by atoms with Crippen LogP contribution in [0.3, 0.4) is 0 Å². The second kappa shape index (κ2) is 11.6. The number of hydrogen-bond donors (Lipinski definition) is 3. The van der Waals surface area contributed by atoms with Crippen LogP contribution < -0.4 is 25.4 Å². The van der Waals surface area contributed by atoms with Crippen molar-refractivity contribution in [2.45, 2.75) is 19.8 Å². The van der Waals surface area contributed by atoms with Crippen molar-refractivity contribution in [3.05, 3.63) is 105 Å². The summed E-state index contributed by atoms with van der Waals surface area (Å²) in [7, 11) is 3.05. The van der Waals surface area contributed by atoms with E-state index in [4.69, 9.17) is 32.7 Å². The van der Waals surface area contributed by atoms with Gasteiger partial charge in [-0.15, -0.1) is 0 Å². The van der Waals surface area contributed by atoms with Crippen molar-refractivity contribution in [3.63, 3.8) is 0 Å². The molecule has 0 spiro atoms. The fourth-order valence-electron chi connectivity index (χ4n) is 4.55. The number of halogens is 2. The van der Waals surface area contributed by atoms with E-state index in [1.807, 2.05) is 0 Å². The number of anilines is 2. The van der Waals surface area contributed by atoms with Crippen molar-refractivity contribution in [3.8, 4) is 11.5 Å². The maximum absolute atomic E-state index is 13.9. The number of para-hydroxylation sites is 4. The summed E-state index contributed by atoms with van der Waals surface area (Å²) in [6.07, 6.45) is 0. The number of benzene rings is 3. The summed E-state index contributed by atoms with van der Waals surface area (Å²) in [6, 6.07) is 19.2. The Labute approximate surface area is 231 Å². The molecule has 0 atom stereocenters. The molecule has 3 N–H and O–H groups in total. The Balaban J connectivity index is 1.83. The third-order valence-electron chi connectivity index (χ3n) is 6.25. The second-order valence-electron chi connectivity index (χ2n) is 8.58. The van der Waals surface area contributed by atoms with E-state index < -0.39 is 17.7 Å². The van der Waals surface area contributed by atoms with Crippen LogP contribution >= 0.6 is 23.2 Å². The highest BCUT2D eigenvalue weighted by atomic mass is 35.5. The van der Waals surface area contributed by atoms with Gasteiger partial charge in [0.25, 0.3) is 11.8 Å². The molecule has 1 aliphatic rings. The molecule has 0 saturated carbocycles. The molecule has 9 heteroatoms. The Bertz CT molecular complexity index is 1360. The summed E-state index contributed by atoms with van der Waals surface area (Å²) in [5.74, 6) is -0.750. The number of carbonyl (C=O) groups is 2. The van der Waals surface area contributed by atoms with Crippen molar-refractivity contribution < 1.29 is 19.1 Å². The minimum absolute atomic E-state index is 0.293. The molecule has 1 aliphatic heterocycles. The number of carbonyl (C=O) groups excluding carboxylic acids is 2. The largest absolute Gasteiger partial charge is 0.495 e. The Morgan fingerprint density at radius 3 is 1.55 bits per heavy atom. The molecule has 0 radical (unpaired) electrons. The van der Waals surface area contributed by atoms with Gasteiger partial charge >= 0.3 is 0 Å². The molecule has 0 saturated heterocycles. The van der Waals surface area contributed by atoms with Crippen LogP contribution in [0.4, 0.5) is 11.4 Å². The van der Waals surface area contributed by atoms with Gasteiger partial charge in [-0.1, -0.05) is 53.5 Å². The third kappa shape index (κ3) is 5.35. The molecular formula is C29H27Cl2N3O4. The minimum Gasteiger partial charge on any atom is -0.495 e. The Kier molecular flexibility index (Phi) is 8.29. The monoisotopic (exact) mass is 551 g/mol. The molecule has 0 aromatic heterocycles. The van der Waals surface area contributed by atoms with Gasteiger partial charge in [-0.2, -0.15) is 0 Å². The van der Waals surface area contributed by atoms with Crippen LogP contribution in [0.2, 0.25) is 10.0 Å². The van der Waals surface area contributed by atoms with Gasteiger partial charge in [-0.05, 0) is 50.2 Å². The first kappa shape index (κ1) is 27.1. The van der Waals surface area contributed by atoms with Crippen molar-refractivity contribution >= 4 is 46.4 Å². The van der Waals surface area contributed by atoms with Gasteiger partial charge in [0.2, 0.25) is 0 Å². The first-order valence-electron chi connectivity index (χ1n) is 11.8. The van der Waals surface area contributed by atoms with E-state index in [-0.39, 0.29) is 0 Å². The molecule has 4 rings (SSSR count). The van der Waals surface area contributed by atoms with E-state index in [2.05, 4.69) is 16.0 Å². The quantitative estimate of drug-likeness (QED) is 0.311. The number of rotatable bonds is 7. The highest BCUT2D eigenvalue weighted by Gasteiger charge is 2.39. The average molecular weight is 552 g/mol. The zero-order chi connectivity index (χ0) is 27.4. The predicted octanol–water partition coefficient (Wildman–Crippen LogP) is 6.52. The van der Waals surface area contributed by atoms with Crippen LogP contribution in [0.5, 0.6) is 11.5 Å². The van der Waals surface area contributed by atoms with E-state index >= 15 is 0 Å². The van der Waals surface area contributed by atoms with Crippen LogP contribution in [0.25, 0.3) is 0 Å². The normalized spacial score (nSPS) is 13.6. The zero-order valence-electron chi connectivity index (χ0n) is 21.3. The summed E-state index contributed by atoms with van der Waals surface area (Å²) in [5.41, 5.74) is 3.12. The maximum atomic E-state index is 13.9. The Morgan fingerprint density at radius 2 is 1.13 bits per heavy atom. The first-order chi connectivity index (χ1) is 18.3. The topological polar surface area (TPSA) is 88.7 Å². The Hall–Kier alpha value is -3.94. The fourth-order valence-corrected chi connectivity index (χ4v) is 5.16. The molecule has 1 heterocycles. The van der Waals surface area contributed by atoms with Gasteiger partial charge in [-0.3, -0.25) is 9.59 Å². The number of amides is 2. The van der Waals surface area contributed by atoms with E-state index in [0.717, 1.165) is 0 Å². The van der Waals surface area contributed by atoms with Crippen molar-refractivity contribution in [2.24, 2.45) is 0 Å². The van der Waals surface area contributed by atoms with Crippen molar-refractivity contribution in [2.75, 3.05) is 24.9 Å². The summed E-state index contributed by atoms with van der Waals surface area (Å²) in [4.78, 5) is 27.7. The lowest BCUT2D eigenvalue weighted by molar-refractivity contribution is -0.113. The predicted molar refractivity (Wildman–Crippen MR) is 151 cm³/mol. The zero-order valence-corrected chi connectivity index (χ0v) is 22.8. The summed E-state index contributed by atoms with van der Waals surface area (Å²) < 4.78 is 10.8. The average Bonchev–Trinajstić information content (AvgIpc) is 2.89. The summed E-state index contributed by atoms with van der Waals surface area (Å²) >= 11 is 13.3. The highest BCUT2D eigenvalue weighted by Crippen LogP contribution is 2.45. The fraction of sp³-hybridized carbons (Fsp3) is 0.172. The maximum Gasteiger partial charge on any atom is 0.254 e. The van der Waals surface area contributed by atoms with Crippen LogP contribution in [0, 0.1) is 0 Å². The lowest BCUT2D eigenvalue weighted by atomic mass is 9.79. The number of methoxy groups -OCH3 is 2. The number of ether oxygens (including phenoxy) is 2. The summed E-state index contributed by atoms with van der Waals surface area (Å²) in [5, 5.41) is 9.70. The van der Waals surface area contributed by atoms with Crippen LogP contribution in [-0.2, 0) is 9.59 Å². The number of dihydropyridines is 1. The molecule has 0 fully saturated rings. The standard InChI is InChI=1S/C29H27Cl2N3O4/c1-16-24(28(35)33-20-12-5-7-14-22(20)37-3)27(26-18(30)10-9-11-19(26)31)25(17(2)32-16)29(36)34-21-13-6-8-15-23(21)38-4/h5-15,27,32H,1-4H3,(H,33,35)(H,34,36). The van der Waals surface area contributed by atoms with Crippen molar-refractivity contribution in [1.82, 2.24) is 5.32 Å². The molecule has 38 heavy (non-hydrogen) atoms. The SMILES string of the molecule is COc1ccccc1NC(=O)C1=C(C)NC(C)=C(C(=O)Nc2ccccc2OC)C1c1c(Cl)cccc1Cl. The molecule has 3 aromatic rings. The minimum atomic E-state index is -0.873. The lowest BCUT2D eigenvalue weighted by Crippen LogP contribution is -2.35. The first-order valence-corrected chi connectivity index (χ1v) is 12.5. The second-order valence-corrected chi connectivity index (χ2v) is 9.39. The highest BCUT2D eigenvalue weighted by molar-refractivity contribution is 6.36. The van der Waals surface area contributed by atoms with Gasteiger partial charge in [0.15, 0.2) is 0 Å². The van der Waals surface area contributed by atoms with Crippen LogP contribution in [0.1, 0.15) is 25.3 Å². The van der Waals surface area contributed by atoms with E-state index in [9.17, 15) is 9.59 Å². The number of hydrogen-bond acceptors (Lipinski definition) is 5. The smallest absolute Gasteiger partial charge is 0.254 e.